The molecule has 2 aromatic heterocycles. The van der Waals surface area contributed by atoms with Crippen LogP contribution in [0, 0.1) is 11.8 Å². The van der Waals surface area contributed by atoms with Gasteiger partial charge in [-0.1, -0.05) is 61.9 Å². The number of likely N-dealkylation sites (tertiary alicyclic amines) is 1. The number of hydrogen-bond donors (Lipinski definition) is 2. The maximum absolute atomic E-state index is 11.0. The molecule has 0 spiro atoms. The van der Waals surface area contributed by atoms with Gasteiger partial charge in [0.05, 0.1) is 18.1 Å². The fourth-order valence-corrected chi connectivity index (χ4v) is 5.85. The molecule has 3 aromatic rings. The molecule has 0 bridgehead atoms. The Kier molecular flexibility index (Phi) is 5.14. The maximum Gasteiger partial charge on any atom is 0.235 e. The van der Waals surface area contributed by atoms with Crippen molar-refractivity contribution in [3.05, 3.63) is 45.6 Å². The Bertz CT molecular complexity index is 943. The van der Waals surface area contributed by atoms with E-state index in [-0.39, 0.29) is 11.9 Å². The van der Waals surface area contributed by atoms with Crippen LogP contribution in [-0.2, 0) is 6.42 Å². The van der Waals surface area contributed by atoms with E-state index in [2.05, 4.69) is 30.0 Å². The van der Waals surface area contributed by atoms with Crippen molar-refractivity contribution in [3.8, 4) is 5.88 Å². The molecule has 3 heterocycles. The summed E-state index contributed by atoms with van der Waals surface area (Å²) >= 11 is 8.13. The summed E-state index contributed by atoms with van der Waals surface area (Å²) in [6.45, 7) is 8.77. The first-order valence-corrected chi connectivity index (χ1v) is 10.8. The van der Waals surface area contributed by atoms with Crippen molar-refractivity contribution >= 4 is 27.9 Å². The highest BCUT2D eigenvalue weighted by Gasteiger charge is 2.37. The third kappa shape index (κ3) is 3.46. The molecule has 4 rings (SSSR count). The van der Waals surface area contributed by atoms with E-state index in [4.69, 9.17) is 11.6 Å². The van der Waals surface area contributed by atoms with Gasteiger partial charge in [-0.15, -0.1) is 5.10 Å². The Morgan fingerprint density at radius 2 is 2.00 bits per heavy atom. The summed E-state index contributed by atoms with van der Waals surface area (Å²) < 4.78 is 1.58. The van der Waals surface area contributed by atoms with Crippen LogP contribution in [0.5, 0.6) is 5.88 Å². The van der Waals surface area contributed by atoms with Crippen LogP contribution in [0.2, 0.25) is 5.02 Å². The van der Waals surface area contributed by atoms with E-state index in [1.807, 2.05) is 25.1 Å². The first-order chi connectivity index (χ1) is 13.0. The van der Waals surface area contributed by atoms with E-state index in [1.54, 1.807) is 4.52 Å². The minimum absolute atomic E-state index is 0.0116. The summed E-state index contributed by atoms with van der Waals surface area (Å²) in [6.07, 6.45) is 2.00. The lowest BCUT2D eigenvalue weighted by Gasteiger charge is -2.37. The fraction of sp³-hybridized carbons (Fsp3) is 0.500. The molecule has 0 amide bonds. The lowest BCUT2D eigenvalue weighted by molar-refractivity contribution is -0.936. The Labute approximate surface area is 168 Å². The van der Waals surface area contributed by atoms with Crippen molar-refractivity contribution in [1.29, 1.82) is 0 Å². The number of aryl methyl sites for hydroxylation is 1. The first-order valence-electron chi connectivity index (χ1n) is 9.64. The second kappa shape index (κ2) is 7.41. The smallest absolute Gasteiger partial charge is 0.235 e. The predicted molar refractivity (Wildman–Crippen MR) is 109 cm³/mol. The predicted octanol–water partition coefficient (Wildman–Crippen LogP) is 3.36. The maximum atomic E-state index is 11.0. The van der Waals surface area contributed by atoms with Crippen LogP contribution >= 0.6 is 22.9 Å². The average Bonchev–Trinajstić information content (AvgIpc) is 3.16. The van der Waals surface area contributed by atoms with Gasteiger partial charge in [0, 0.05) is 23.8 Å². The molecule has 5 nitrogen and oxygen atoms in total. The van der Waals surface area contributed by atoms with Gasteiger partial charge in [0.25, 0.3) is 0 Å². The third-order valence-electron chi connectivity index (χ3n) is 5.47. The van der Waals surface area contributed by atoms with Gasteiger partial charge in [0.15, 0.2) is 11.9 Å². The zero-order chi connectivity index (χ0) is 19.1. The number of rotatable bonds is 4. The van der Waals surface area contributed by atoms with Gasteiger partial charge in [0.2, 0.25) is 10.8 Å². The SMILES string of the molecule is CCc1nc2sc([C@@H](c3ccccc3Cl)[NH+]3C[C@H](C)C[C@H](C)C3)c(O)n2n1. The minimum atomic E-state index is -0.0116. The van der Waals surface area contributed by atoms with E-state index >= 15 is 0 Å². The summed E-state index contributed by atoms with van der Waals surface area (Å²) in [6, 6.07) is 7.98. The summed E-state index contributed by atoms with van der Waals surface area (Å²) in [4.78, 5) is 7.65. The van der Waals surface area contributed by atoms with E-state index in [1.165, 1.54) is 22.7 Å². The molecule has 4 atom stereocenters. The number of piperidine rings is 1. The number of benzene rings is 1. The Morgan fingerprint density at radius 1 is 1.30 bits per heavy atom. The van der Waals surface area contributed by atoms with E-state index < -0.39 is 0 Å². The molecule has 0 aliphatic carbocycles. The molecule has 0 saturated carbocycles. The first kappa shape index (κ1) is 18.7. The minimum Gasteiger partial charge on any atom is -0.492 e. The van der Waals surface area contributed by atoms with E-state index in [0.717, 1.165) is 45.8 Å². The van der Waals surface area contributed by atoms with E-state index in [9.17, 15) is 5.11 Å². The van der Waals surface area contributed by atoms with Crippen LogP contribution in [0.1, 0.15) is 49.5 Å². The summed E-state index contributed by atoms with van der Waals surface area (Å²) in [5.74, 6) is 2.24. The third-order valence-corrected chi connectivity index (χ3v) is 6.90. The second-order valence-electron chi connectivity index (χ2n) is 7.83. The molecule has 144 valence electrons. The van der Waals surface area contributed by atoms with E-state index in [0.29, 0.717) is 11.8 Å². The molecule has 1 unspecified atom stereocenters. The van der Waals surface area contributed by atoms with Crippen molar-refractivity contribution in [2.45, 2.75) is 39.7 Å². The zero-order valence-electron chi connectivity index (χ0n) is 15.9. The quantitative estimate of drug-likeness (QED) is 0.699. The number of aromatic nitrogens is 3. The van der Waals surface area contributed by atoms with Gasteiger partial charge in [-0.2, -0.15) is 4.52 Å². The van der Waals surface area contributed by atoms with Crippen LogP contribution < -0.4 is 4.90 Å². The zero-order valence-corrected chi connectivity index (χ0v) is 17.5. The molecule has 1 fully saturated rings. The molecule has 1 aromatic carbocycles. The van der Waals surface area contributed by atoms with Crippen LogP contribution in [0.15, 0.2) is 24.3 Å². The van der Waals surface area contributed by atoms with Gasteiger partial charge < -0.3 is 10.0 Å². The van der Waals surface area contributed by atoms with Crippen molar-refractivity contribution in [2.24, 2.45) is 11.8 Å². The number of quaternary nitrogens is 1. The number of aromatic hydroxyl groups is 1. The molecule has 2 N–H and O–H groups in total. The normalized spacial score (nSPS) is 24.4. The average molecular weight is 406 g/mol. The molecular formula is C20H26ClN4OS+. The molecule has 0 radical (unpaired) electrons. The molecular weight excluding hydrogens is 380 g/mol. The molecule has 1 saturated heterocycles. The van der Waals surface area contributed by atoms with Crippen molar-refractivity contribution in [2.75, 3.05) is 13.1 Å². The molecule has 7 heteroatoms. The van der Waals surface area contributed by atoms with Gasteiger partial charge in [-0.05, 0) is 12.5 Å². The largest absolute Gasteiger partial charge is 0.492 e. The molecule has 1 aliphatic rings. The van der Waals surface area contributed by atoms with Crippen molar-refractivity contribution in [1.82, 2.24) is 14.6 Å². The van der Waals surface area contributed by atoms with Crippen LogP contribution in [0.3, 0.4) is 0 Å². The highest BCUT2D eigenvalue weighted by Crippen LogP contribution is 2.37. The van der Waals surface area contributed by atoms with Gasteiger partial charge >= 0.3 is 0 Å². The number of fused-ring (bicyclic) bond motifs is 1. The highest BCUT2D eigenvalue weighted by molar-refractivity contribution is 7.17. The highest BCUT2D eigenvalue weighted by atomic mass is 35.5. The van der Waals surface area contributed by atoms with Crippen LogP contribution in [0.25, 0.3) is 4.96 Å². The summed E-state index contributed by atoms with van der Waals surface area (Å²) in [5, 5.41) is 16.2. The molecule has 1 aliphatic heterocycles. The number of halogens is 1. The summed E-state index contributed by atoms with van der Waals surface area (Å²) in [7, 11) is 0. The van der Waals surface area contributed by atoms with Crippen molar-refractivity contribution < 1.29 is 10.0 Å². The lowest BCUT2D eigenvalue weighted by Crippen LogP contribution is -3.14. The van der Waals surface area contributed by atoms with Gasteiger partial charge in [-0.3, -0.25) is 0 Å². The standard InChI is InChI=1S/C20H25ClN4OS/c1-4-16-22-20-25(23-16)19(26)18(27-20)17(14-7-5-6-8-15(14)21)24-10-12(2)9-13(3)11-24/h5-8,12-13,17,26H,4,9-11H2,1-3H3/p+1/t12-,13+,17-/m1/s1. The number of nitrogens with one attached hydrogen (secondary N) is 1. The number of hydrogen-bond acceptors (Lipinski definition) is 4. The Balaban J connectivity index is 1.84. The van der Waals surface area contributed by atoms with Crippen molar-refractivity contribution in [3.63, 3.8) is 0 Å². The topological polar surface area (TPSA) is 54.9 Å². The van der Waals surface area contributed by atoms with Gasteiger partial charge in [0.1, 0.15) is 4.88 Å². The Morgan fingerprint density at radius 3 is 2.63 bits per heavy atom. The van der Waals surface area contributed by atoms with Crippen LogP contribution in [-0.4, -0.2) is 32.8 Å². The summed E-state index contributed by atoms with van der Waals surface area (Å²) in [5.41, 5.74) is 1.06. The molecule has 27 heavy (non-hydrogen) atoms. The number of nitrogens with zero attached hydrogens (tertiary/aromatic N) is 3. The lowest BCUT2D eigenvalue weighted by atomic mass is 9.89. The van der Waals surface area contributed by atoms with Gasteiger partial charge in [-0.25, -0.2) is 4.98 Å². The second-order valence-corrected chi connectivity index (χ2v) is 9.25. The van der Waals surface area contributed by atoms with Crippen LogP contribution in [0.4, 0.5) is 0 Å². The number of thiazole rings is 1. The Hall–Kier alpha value is -1.63. The fourth-order valence-electron chi connectivity index (χ4n) is 4.45. The monoisotopic (exact) mass is 405 g/mol.